The Bertz CT molecular complexity index is 584. The molecule has 98 valence electrons. The molecule has 2 aromatic rings. The molecule has 0 unspecified atom stereocenters. The lowest BCUT2D eigenvalue weighted by Crippen LogP contribution is -2.25. The van der Waals surface area contributed by atoms with Crippen LogP contribution in [0.1, 0.15) is 15.9 Å². The molecule has 0 spiro atoms. The number of para-hydroxylation sites is 1. The number of rotatable bonds is 4. The Morgan fingerprint density at radius 2 is 1.95 bits per heavy atom. The van der Waals surface area contributed by atoms with Gasteiger partial charge in [0.1, 0.15) is 5.75 Å². The number of halogens is 1. The number of hydrogen-bond acceptors (Lipinski definition) is 2. The number of hydrogen-bond donors (Lipinski definition) is 2. The standard InChI is InChI=1S/C15H14ClNO2/c16-12-5-3-4-11(10-12)8-9-17-15(19)13-6-1-2-7-14(13)18/h1-7,10,18H,8-9H2,(H,17,19). The maximum absolute atomic E-state index is 11.8. The predicted molar refractivity (Wildman–Crippen MR) is 75.6 cm³/mol. The summed E-state index contributed by atoms with van der Waals surface area (Å²) in [6.07, 6.45) is 0.694. The molecule has 2 N–H and O–H groups in total. The molecule has 0 atom stereocenters. The molecule has 0 aromatic heterocycles. The second-order valence-corrected chi connectivity index (χ2v) is 4.59. The van der Waals surface area contributed by atoms with Gasteiger partial charge in [0, 0.05) is 11.6 Å². The highest BCUT2D eigenvalue weighted by Crippen LogP contribution is 2.15. The topological polar surface area (TPSA) is 49.3 Å². The van der Waals surface area contributed by atoms with Gasteiger partial charge in [-0.1, -0.05) is 35.9 Å². The summed E-state index contributed by atoms with van der Waals surface area (Å²) in [6, 6.07) is 14.0. The van der Waals surface area contributed by atoms with E-state index in [0.29, 0.717) is 18.0 Å². The zero-order valence-electron chi connectivity index (χ0n) is 10.3. The lowest BCUT2D eigenvalue weighted by molar-refractivity contribution is 0.0951. The highest BCUT2D eigenvalue weighted by Gasteiger charge is 2.08. The molecular weight excluding hydrogens is 262 g/mol. The molecule has 19 heavy (non-hydrogen) atoms. The second kappa shape index (κ2) is 6.25. The van der Waals surface area contributed by atoms with Gasteiger partial charge in [-0.15, -0.1) is 0 Å². The van der Waals surface area contributed by atoms with Gasteiger partial charge in [0.2, 0.25) is 0 Å². The van der Waals surface area contributed by atoms with Crippen LogP contribution in [-0.2, 0) is 6.42 Å². The van der Waals surface area contributed by atoms with E-state index in [9.17, 15) is 9.90 Å². The minimum absolute atomic E-state index is 0.0113. The van der Waals surface area contributed by atoms with Crippen molar-refractivity contribution in [2.45, 2.75) is 6.42 Å². The molecule has 0 bridgehead atoms. The van der Waals surface area contributed by atoms with Crippen molar-refractivity contribution >= 4 is 17.5 Å². The number of nitrogens with one attached hydrogen (secondary N) is 1. The highest BCUT2D eigenvalue weighted by atomic mass is 35.5. The van der Waals surface area contributed by atoms with Gasteiger partial charge < -0.3 is 10.4 Å². The van der Waals surface area contributed by atoms with Crippen LogP contribution in [0.3, 0.4) is 0 Å². The third-order valence-electron chi connectivity index (χ3n) is 2.74. The fourth-order valence-corrected chi connectivity index (χ4v) is 1.99. The monoisotopic (exact) mass is 275 g/mol. The lowest BCUT2D eigenvalue weighted by atomic mass is 10.1. The number of aromatic hydroxyl groups is 1. The zero-order valence-corrected chi connectivity index (χ0v) is 11.0. The number of carbonyl (C=O) groups is 1. The predicted octanol–water partition coefficient (Wildman–Crippen LogP) is 3.02. The van der Waals surface area contributed by atoms with Crippen molar-refractivity contribution in [2.24, 2.45) is 0 Å². The van der Waals surface area contributed by atoms with Gasteiger partial charge in [0.05, 0.1) is 5.56 Å². The van der Waals surface area contributed by atoms with Crippen molar-refractivity contribution in [3.8, 4) is 5.75 Å². The minimum Gasteiger partial charge on any atom is -0.507 e. The van der Waals surface area contributed by atoms with E-state index in [0.717, 1.165) is 5.56 Å². The van der Waals surface area contributed by atoms with E-state index >= 15 is 0 Å². The van der Waals surface area contributed by atoms with Gasteiger partial charge in [0.15, 0.2) is 0 Å². The minimum atomic E-state index is -0.278. The zero-order chi connectivity index (χ0) is 13.7. The summed E-state index contributed by atoms with van der Waals surface area (Å²) in [7, 11) is 0. The molecule has 0 aliphatic carbocycles. The Hall–Kier alpha value is -2.00. The number of phenols is 1. The van der Waals surface area contributed by atoms with Crippen LogP contribution in [-0.4, -0.2) is 17.6 Å². The summed E-state index contributed by atoms with van der Waals surface area (Å²) in [4.78, 5) is 11.8. The number of phenolic OH excluding ortho intramolecular Hbond substituents is 1. The van der Waals surface area contributed by atoms with Crippen LogP contribution in [0.2, 0.25) is 5.02 Å². The average molecular weight is 276 g/mol. The van der Waals surface area contributed by atoms with E-state index in [1.807, 2.05) is 24.3 Å². The fraction of sp³-hybridized carbons (Fsp3) is 0.133. The summed E-state index contributed by atoms with van der Waals surface area (Å²) in [5.74, 6) is -0.289. The van der Waals surface area contributed by atoms with Crippen molar-refractivity contribution < 1.29 is 9.90 Å². The third kappa shape index (κ3) is 3.73. The SMILES string of the molecule is O=C(NCCc1cccc(Cl)c1)c1ccccc1O. The van der Waals surface area contributed by atoms with Gasteiger partial charge >= 0.3 is 0 Å². The smallest absolute Gasteiger partial charge is 0.255 e. The molecule has 0 heterocycles. The molecular formula is C15H14ClNO2. The average Bonchev–Trinajstić information content (AvgIpc) is 2.39. The summed E-state index contributed by atoms with van der Waals surface area (Å²) in [5.41, 5.74) is 1.35. The second-order valence-electron chi connectivity index (χ2n) is 4.15. The van der Waals surface area contributed by atoms with Crippen LogP contribution in [0.4, 0.5) is 0 Å². The van der Waals surface area contributed by atoms with E-state index in [1.165, 1.54) is 6.07 Å². The maximum Gasteiger partial charge on any atom is 0.255 e. The number of carbonyl (C=O) groups excluding carboxylic acids is 1. The van der Waals surface area contributed by atoms with E-state index in [-0.39, 0.29) is 17.2 Å². The van der Waals surface area contributed by atoms with Crippen LogP contribution in [0.5, 0.6) is 5.75 Å². The molecule has 0 aliphatic rings. The van der Waals surface area contributed by atoms with Gasteiger partial charge in [-0.25, -0.2) is 0 Å². The maximum atomic E-state index is 11.8. The van der Waals surface area contributed by atoms with Crippen LogP contribution in [0.15, 0.2) is 48.5 Å². The summed E-state index contributed by atoms with van der Waals surface area (Å²) < 4.78 is 0. The van der Waals surface area contributed by atoms with Crippen LogP contribution in [0.25, 0.3) is 0 Å². The molecule has 0 saturated carbocycles. The Balaban J connectivity index is 1.90. The number of benzene rings is 2. The first kappa shape index (κ1) is 13.4. The molecule has 1 amide bonds. The Kier molecular flexibility index (Phi) is 4.42. The molecule has 4 heteroatoms. The first-order valence-corrected chi connectivity index (χ1v) is 6.35. The first-order chi connectivity index (χ1) is 9.16. The molecule has 0 radical (unpaired) electrons. The Morgan fingerprint density at radius 1 is 1.16 bits per heavy atom. The van der Waals surface area contributed by atoms with Crippen molar-refractivity contribution in [3.63, 3.8) is 0 Å². The van der Waals surface area contributed by atoms with Gasteiger partial charge in [-0.2, -0.15) is 0 Å². The lowest BCUT2D eigenvalue weighted by Gasteiger charge is -2.07. The van der Waals surface area contributed by atoms with Crippen LogP contribution in [0, 0.1) is 0 Å². The van der Waals surface area contributed by atoms with Crippen LogP contribution < -0.4 is 5.32 Å². The van der Waals surface area contributed by atoms with Gasteiger partial charge in [-0.05, 0) is 36.2 Å². The fourth-order valence-electron chi connectivity index (χ4n) is 1.77. The first-order valence-electron chi connectivity index (χ1n) is 5.97. The summed E-state index contributed by atoms with van der Waals surface area (Å²) >= 11 is 5.88. The van der Waals surface area contributed by atoms with Crippen molar-refractivity contribution in [3.05, 3.63) is 64.7 Å². The van der Waals surface area contributed by atoms with E-state index in [2.05, 4.69) is 5.32 Å². The van der Waals surface area contributed by atoms with E-state index in [4.69, 9.17) is 11.6 Å². The largest absolute Gasteiger partial charge is 0.507 e. The van der Waals surface area contributed by atoms with Crippen molar-refractivity contribution in [2.75, 3.05) is 6.54 Å². The highest BCUT2D eigenvalue weighted by molar-refractivity contribution is 6.30. The normalized spacial score (nSPS) is 10.2. The Labute approximate surface area is 116 Å². The van der Waals surface area contributed by atoms with E-state index < -0.39 is 0 Å². The van der Waals surface area contributed by atoms with Crippen molar-refractivity contribution in [1.82, 2.24) is 5.32 Å². The number of amides is 1. The molecule has 3 nitrogen and oxygen atoms in total. The Morgan fingerprint density at radius 3 is 2.68 bits per heavy atom. The molecule has 0 fully saturated rings. The van der Waals surface area contributed by atoms with Crippen molar-refractivity contribution in [1.29, 1.82) is 0 Å². The van der Waals surface area contributed by atoms with E-state index in [1.54, 1.807) is 18.2 Å². The third-order valence-corrected chi connectivity index (χ3v) is 2.97. The van der Waals surface area contributed by atoms with Crippen LogP contribution >= 0.6 is 11.6 Å². The van der Waals surface area contributed by atoms with Gasteiger partial charge in [0.25, 0.3) is 5.91 Å². The quantitative estimate of drug-likeness (QED) is 0.901. The molecule has 2 aromatic carbocycles. The molecule has 0 saturated heterocycles. The summed E-state index contributed by atoms with van der Waals surface area (Å²) in [5, 5.41) is 13.0. The molecule has 2 rings (SSSR count). The van der Waals surface area contributed by atoms with Gasteiger partial charge in [-0.3, -0.25) is 4.79 Å². The molecule has 0 aliphatic heterocycles. The summed E-state index contributed by atoms with van der Waals surface area (Å²) in [6.45, 7) is 0.494.